The topological polar surface area (TPSA) is 84.3 Å². The van der Waals surface area contributed by atoms with Crippen molar-refractivity contribution < 1.29 is 9.84 Å². The molecule has 1 aromatic rings. The Morgan fingerprint density at radius 3 is 2.94 bits per heavy atom. The summed E-state index contributed by atoms with van der Waals surface area (Å²) in [6, 6.07) is 0. The largest absolute Gasteiger partial charge is 0.394 e. The first-order valence-corrected chi connectivity index (χ1v) is 6.50. The smallest absolute Gasteiger partial charge is 0.330 e. The molecule has 7 heteroatoms. The average Bonchev–Trinajstić information content (AvgIpc) is 2.65. The third-order valence-corrected chi connectivity index (χ3v) is 4.11. The summed E-state index contributed by atoms with van der Waals surface area (Å²) in [4.78, 5) is 25.1. The normalized spacial score (nSPS) is 28.5. The van der Waals surface area contributed by atoms with Crippen molar-refractivity contribution in [1.82, 2.24) is 9.55 Å². The molecule has 0 aliphatic carbocycles. The molecule has 1 saturated heterocycles. The van der Waals surface area contributed by atoms with E-state index in [2.05, 4.69) is 27.6 Å². The number of rotatable bonds is 2. The van der Waals surface area contributed by atoms with Crippen molar-refractivity contribution in [2.45, 2.75) is 29.6 Å². The van der Waals surface area contributed by atoms with Crippen LogP contribution in [-0.2, 0) is 4.74 Å². The number of alkyl halides is 1. The zero-order valence-corrected chi connectivity index (χ0v) is 11.4. The number of aliphatic hydroxyl groups is 1. The summed E-state index contributed by atoms with van der Waals surface area (Å²) < 4.78 is 7.10. The molecule has 3 atom stereocenters. The van der Waals surface area contributed by atoms with Gasteiger partial charge in [0.25, 0.3) is 5.56 Å². The van der Waals surface area contributed by atoms with Gasteiger partial charge >= 0.3 is 5.69 Å². The van der Waals surface area contributed by atoms with Gasteiger partial charge in [0, 0.05) is 22.1 Å². The number of aryl methyl sites for hydroxylation is 1. The lowest BCUT2D eigenvalue weighted by atomic mass is 10.2. The molecule has 0 radical (unpaired) electrons. The summed E-state index contributed by atoms with van der Waals surface area (Å²) in [6.45, 7) is 1.57. The van der Waals surface area contributed by atoms with Crippen molar-refractivity contribution in [3.63, 3.8) is 0 Å². The van der Waals surface area contributed by atoms with E-state index in [9.17, 15) is 9.59 Å². The molecular formula is C10H13IN2O4. The summed E-state index contributed by atoms with van der Waals surface area (Å²) in [5.74, 6) is 0. The molecule has 94 valence electrons. The van der Waals surface area contributed by atoms with Gasteiger partial charge in [-0.25, -0.2) is 4.79 Å². The molecule has 0 aromatic carbocycles. The zero-order valence-electron chi connectivity index (χ0n) is 9.22. The molecule has 2 heterocycles. The maximum atomic E-state index is 11.6. The summed E-state index contributed by atoms with van der Waals surface area (Å²) in [5.41, 5.74) is -0.396. The van der Waals surface area contributed by atoms with E-state index in [1.807, 2.05) is 0 Å². The Labute approximate surface area is 111 Å². The van der Waals surface area contributed by atoms with Crippen molar-refractivity contribution in [1.29, 1.82) is 0 Å². The van der Waals surface area contributed by atoms with Gasteiger partial charge in [-0.15, -0.1) is 0 Å². The Morgan fingerprint density at radius 2 is 2.35 bits per heavy atom. The van der Waals surface area contributed by atoms with Crippen molar-refractivity contribution in [2.75, 3.05) is 6.61 Å². The number of aromatic amines is 1. The van der Waals surface area contributed by atoms with Crippen molar-refractivity contribution in [2.24, 2.45) is 0 Å². The van der Waals surface area contributed by atoms with Crippen LogP contribution in [0.25, 0.3) is 0 Å². The molecule has 1 unspecified atom stereocenters. The molecule has 1 aliphatic rings. The van der Waals surface area contributed by atoms with Crippen molar-refractivity contribution in [3.8, 4) is 0 Å². The lowest BCUT2D eigenvalue weighted by molar-refractivity contribution is -0.0232. The Bertz CT molecular complexity index is 524. The molecule has 2 rings (SSSR count). The second-order valence-electron chi connectivity index (χ2n) is 4.04. The highest BCUT2D eigenvalue weighted by Gasteiger charge is 2.34. The zero-order chi connectivity index (χ0) is 12.6. The highest BCUT2D eigenvalue weighted by molar-refractivity contribution is 14.1. The molecule has 0 spiro atoms. The van der Waals surface area contributed by atoms with E-state index in [4.69, 9.17) is 9.84 Å². The van der Waals surface area contributed by atoms with E-state index >= 15 is 0 Å². The van der Waals surface area contributed by atoms with Crippen LogP contribution in [0.2, 0.25) is 0 Å². The van der Waals surface area contributed by atoms with E-state index in [1.165, 1.54) is 10.8 Å². The van der Waals surface area contributed by atoms with Crippen LogP contribution in [0.5, 0.6) is 0 Å². The summed E-state index contributed by atoms with van der Waals surface area (Å²) in [7, 11) is 0. The Kier molecular flexibility index (Phi) is 3.69. The van der Waals surface area contributed by atoms with E-state index in [-0.39, 0.29) is 22.2 Å². The second kappa shape index (κ2) is 4.91. The van der Waals surface area contributed by atoms with E-state index in [0.717, 1.165) is 0 Å². The number of hydrogen-bond donors (Lipinski definition) is 2. The summed E-state index contributed by atoms with van der Waals surface area (Å²) in [5, 5.41) is 9.09. The van der Waals surface area contributed by atoms with Gasteiger partial charge in [0.1, 0.15) is 6.23 Å². The first-order valence-electron chi connectivity index (χ1n) is 5.25. The minimum absolute atomic E-state index is 0.0683. The van der Waals surface area contributed by atoms with Gasteiger partial charge in [-0.3, -0.25) is 14.3 Å². The Morgan fingerprint density at radius 1 is 1.65 bits per heavy atom. The predicted molar refractivity (Wildman–Crippen MR) is 69.5 cm³/mol. The predicted octanol–water partition coefficient (Wildman–Crippen LogP) is -0.0716. The number of nitrogens with one attached hydrogen (secondary N) is 1. The molecular weight excluding hydrogens is 339 g/mol. The first-order chi connectivity index (χ1) is 8.02. The molecule has 0 saturated carbocycles. The first kappa shape index (κ1) is 12.8. The fourth-order valence-electron chi connectivity index (χ4n) is 1.82. The van der Waals surface area contributed by atoms with Crippen LogP contribution in [0.15, 0.2) is 15.8 Å². The van der Waals surface area contributed by atoms with Crippen LogP contribution < -0.4 is 11.2 Å². The fourth-order valence-corrected chi connectivity index (χ4v) is 2.66. The highest BCUT2D eigenvalue weighted by Crippen LogP contribution is 2.32. The molecule has 17 heavy (non-hydrogen) atoms. The lowest BCUT2D eigenvalue weighted by Gasteiger charge is -2.14. The van der Waals surface area contributed by atoms with Crippen molar-refractivity contribution >= 4 is 22.6 Å². The maximum absolute atomic E-state index is 11.6. The summed E-state index contributed by atoms with van der Waals surface area (Å²) in [6.07, 6.45) is 1.45. The molecule has 1 aromatic heterocycles. The number of aliphatic hydroxyl groups excluding tert-OH is 1. The lowest BCUT2D eigenvalue weighted by Crippen LogP contribution is -2.33. The van der Waals surface area contributed by atoms with Crippen LogP contribution in [0.3, 0.4) is 0 Å². The Hall–Kier alpha value is -0.670. The van der Waals surface area contributed by atoms with E-state index in [0.29, 0.717) is 12.0 Å². The third-order valence-electron chi connectivity index (χ3n) is 2.80. The minimum atomic E-state index is -0.479. The third kappa shape index (κ3) is 2.45. The molecule has 1 aliphatic heterocycles. The molecule has 1 fully saturated rings. The van der Waals surface area contributed by atoms with Gasteiger partial charge in [-0.1, -0.05) is 22.6 Å². The van der Waals surface area contributed by atoms with E-state index < -0.39 is 11.9 Å². The molecule has 2 N–H and O–H groups in total. The van der Waals surface area contributed by atoms with E-state index in [1.54, 1.807) is 6.92 Å². The standard InChI is InChI=1S/C10H13IN2O4/c1-5-3-13(10(16)12-9(5)15)8-2-6(11)7(4-14)17-8/h3,6-8,14H,2,4H2,1H3,(H,12,15,16)/t6?,7-,8-/m1/s1. The number of ether oxygens (including phenoxy) is 1. The van der Waals surface area contributed by atoms with Crippen LogP contribution in [0, 0.1) is 6.92 Å². The van der Waals surface area contributed by atoms with Crippen LogP contribution >= 0.6 is 22.6 Å². The second-order valence-corrected chi connectivity index (χ2v) is 5.64. The highest BCUT2D eigenvalue weighted by atomic mass is 127. The van der Waals surface area contributed by atoms with Gasteiger partial charge in [0.2, 0.25) is 0 Å². The molecule has 6 nitrogen and oxygen atoms in total. The summed E-state index contributed by atoms with van der Waals surface area (Å²) >= 11 is 2.19. The van der Waals surface area contributed by atoms with Gasteiger partial charge in [-0.05, 0) is 6.92 Å². The van der Waals surface area contributed by atoms with Gasteiger partial charge in [0.05, 0.1) is 12.7 Å². The number of hydrogen-bond acceptors (Lipinski definition) is 4. The average molecular weight is 352 g/mol. The van der Waals surface area contributed by atoms with Gasteiger partial charge in [-0.2, -0.15) is 0 Å². The fraction of sp³-hybridized carbons (Fsp3) is 0.600. The van der Waals surface area contributed by atoms with Crippen LogP contribution in [-0.4, -0.2) is 31.3 Å². The number of H-pyrrole nitrogens is 1. The van der Waals surface area contributed by atoms with Crippen molar-refractivity contribution in [3.05, 3.63) is 32.6 Å². The number of halogens is 1. The number of nitrogens with zero attached hydrogens (tertiary/aromatic N) is 1. The maximum Gasteiger partial charge on any atom is 0.330 e. The van der Waals surface area contributed by atoms with Gasteiger partial charge in [0.15, 0.2) is 0 Å². The monoisotopic (exact) mass is 352 g/mol. The van der Waals surface area contributed by atoms with Crippen LogP contribution in [0.1, 0.15) is 18.2 Å². The molecule has 0 amide bonds. The SMILES string of the molecule is Cc1cn([C@H]2CC(I)[C@@H](CO)O2)c(=O)[nH]c1=O. The minimum Gasteiger partial charge on any atom is -0.394 e. The van der Waals surface area contributed by atoms with Crippen LogP contribution in [0.4, 0.5) is 0 Å². The van der Waals surface area contributed by atoms with Gasteiger partial charge < -0.3 is 9.84 Å². The Balaban J connectivity index is 2.34. The number of aromatic nitrogens is 2. The quantitative estimate of drug-likeness (QED) is 0.577. The molecule has 0 bridgehead atoms.